The molecule has 0 amide bonds. The maximum atomic E-state index is 12.0. The highest BCUT2D eigenvalue weighted by Gasteiger charge is 2.21. The summed E-state index contributed by atoms with van der Waals surface area (Å²) >= 11 is 0. The Balaban J connectivity index is 0.000000391. The summed E-state index contributed by atoms with van der Waals surface area (Å²) in [6.45, 7) is 2.39. The standard InChI is InChI=1S/C14H17NO5.C14H19NO4.2CH4/c15-11(14(17)18)7-9-1-3-10(4-2-9)12(16)8-13-19-5-6-20-13;15-12(14(16)17)9-11-3-1-10(2-4-11)5-6-13-18-7-8-19-13;;/h1-4,11,13H,5-8,15H2,(H,17,18);1-4,12-13H,5-9,15H2,(H,16,17);2*1H4. The summed E-state index contributed by atoms with van der Waals surface area (Å²) in [5.74, 6) is -2.08. The van der Waals surface area contributed by atoms with E-state index in [2.05, 4.69) is 0 Å². The largest absolute Gasteiger partial charge is 0.480 e. The summed E-state index contributed by atoms with van der Waals surface area (Å²) in [6.07, 6.45) is 1.96. The van der Waals surface area contributed by atoms with Gasteiger partial charge in [0.2, 0.25) is 0 Å². The highest BCUT2D eigenvalue weighted by molar-refractivity contribution is 5.96. The Morgan fingerprint density at radius 3 is 1.51 bits per heavy atom. The molecule has 2 saturated heterocycles. The van der Waals surface area contributed by atoms with Crippen LogP contribution in [0.3, 0.4) is 0 Å². The van der Waals surface area contributed by atoms with Crippen molar-refractivity contribution in [1.82, 2.24) is 0 Å². The lowest BCUT2D eigenvalue weighted by atomic mass is 10.0. The fraction of sp³-hybridized carbons (Fsp3) is 0.500. The molecule has 41 heavy (non-hydrogen) atoms. The van der Waals surface area contributed by atoms with Crippen molar-refractivity contribution in [3.05, 3.63) is 70.8 Å². The molecule has 0 aromatic heterocycles. The number of carbonyl (C=O) groups is 3. The summed E-state index contributed by atoms with van der Waals surface area (Å²) in [7, 11) is 0. The van der Waals surface area contributed by atoms with Crippen molar-refractivity contribution in [2.24, 2.45) is 11.5 Å². The van der Waals surface area contributed by atoms with Crippen LogP contribution in [0.1, 0.15) is 54.7 Å². The molecule has 2 unspecified atom stereocenters. The highest BCUT2D eigenvalue weighted by Crippen LogP contribution is 2.15. The molecule has 11 nitrogen and oxygen atoms in total. The first-order valence-corrected chi connectivity index (χ1v) is 12.8. The Bertz CT molecular complexity index is 1060. The Morgan fingerprint density at radius 1 is 0.683 bits per heavy atom. The molecular formula is C30H44N2O9. The van der Waals surface area contributed by atoms with E-state index in [-0.39, 0.29) is 39.8 Å². The Morgan fingerprint density at radius 2 is 1.07 bits per heavy atom. The lowest BCUT2D eigenvalue weighted by Crippen LogP contribution is -2.32. The molecule has 0 aliphatic carbocycles. The van der Waals surface area contributed by atoms with Gasteiger partial charge in [-0.15, -0.1) is 0 Å². The maximum absolute atomic E-state index is 12.0. The van der Waals surface area contributed by atoms with Crippen LogP contribution in [0.25, 0.3) is 0 Å². The molecule has 0 bridgehead atoms. The molecule has 0 spiro atoms. The van der Waals surface area contributed by atoms with Gasteiger partial charge in [-0.25, -0.2) is 0 Å². The molecule has 2 aliphatic rings. The minimum absolute atomic E-state index is 0. The van der Waals surface area contributed by atoms with Crippen LogP contribution in [0.15, 0.2) is 48.5 Å². The topological polar surface area (TPSA) is 181 Å². The fourth-order valence-corrected chi connectivity index (χ4v) is 4.00. The first-order valence-electron chi connectivity index (χ1n) is 12.8. The third kappa shape index (κ3) is 12.5. The number of hydrogen-bond acceptors (Lipinski definition) is 9. The van der Waals surface area contributed by atoms with Gasteiger partial charge in [0.15, 0.2) is 18.4 Å². The zero-order chi connectivity index (χ0) is 28.2. The monoisotopic (exact) mass is 576 g/mol. The lowest BCUT2D eigenvalue weighted by molar-refractivity contribution is -0.139. The van der Waals surface area contributed by atoms with Crippen molar-refractivity contribution in [3.63, 3.8) is 0 Å². The Labute approximate surface area is 241 Å². The van der Waals surface area contributed by atoms with Gasteiger partial charge in [-0.3, -0.25) is 14.4 Å². The summed E-state index contributed by atoms with van der Waals surface area (Å²) in [6, 6.07) is 12.8. The number of ether oxygens (including phenoxy) is 4. The lowest BCUT2D eigenvalue weighted by Gasteiger charge is -2.10. The molecule has 0 radical (unpaired) electrons. The number of carboxylic acids is 2. The summed E-state index contributed by atoms with van der Waals surface area (Å²) < 4.78 is 21.2. The summed E-state index contributed by atoms with van der Waals surface area (Å²) in [4.78, 5) is 33.3. The number of Topliss-reactive ketones (excluding diaryl/α,β-unsaturated/α-hetero) is 1. The van der Waals surface area contributed by atoms with E-state index in [1.54, 1.807) is 24.3 Å². The van der Waals surface area contributed by atoms with Crippen molar-refractivity contribution in [2.45, 2.75) is 71.6 Å². The van der Waals surface area contributed by atoms with Gasteiger partial charge < -0.3 is 40.6 Å². The fourth-order valence-electron chi connectivity index (χ4n) is 4.00. The van der Waals surface area contributed by atoms with Gasteiger partial charge in [0.25, 0.3) is 0 Å². The van der Waals surface area contributed by atoms with Gasteiger partial charge in [0.1, 0.15) is 12.1 Å². The molecule has 2 heterocycles. The number of carboxylic acid groups (broad SMARTS) is 2. The van der Waals surface area contributed by atoms with Crippen molar-refractivity contribution in [3.8, 4) is 0 Å². The van der Waals surface area contributed by atoms with Gasteiger partial charge in [-0.1, -0.05) is 63.4 Å². The first-order chi connectivity index (χ1) is 18.7. The molecule has 2 aliphatic heterocycles. The molecule has 11 heteroatoms. The van der Waals surface area contributed by atoms with Crippen LogP contribution in [-0.4, -0.2) is 79.0 Å². The Hall–Kier alpha value is -3.19. The van der Waals surface area contributed by atoms with Gasteiger partial charge in [-0.05, 0) is 36.0 Å². The second-order valence-corrected chi connectivity index (χ2v) is 9.32. The quantitative estimate of drug-likeness (QED) is 0.273. The first kappa shape index (κ1) is 35.8. The van der Waals surface area contributed by atoms with Crippen LogP contribution in [-0.2, 0) is 47.8 Å². The number of rotatable bonds is 12. The van der Waals surface area contributed by atoms with E-state index in [1.165, 1.54) is 5.56 Å². The van der Waals surface area contributed by atoms with Crippen LogP contribution in [0.4, 0.5) is 0 Å². The molecule has 228 valence electrons. The number of carbonyl (C=O) groups excluding carboxylic acids is 1. The zero-order valence-electron chi connectivity index (χ0n) is 21.7. The summed E-state index contributed by atoms with van der Waals surface area (Å²) in [5.41, 5.74) is 14.4. The average molecular weight is 577 g/mol. The number of benzene rings is 2. The smallest absolute Gasteiger partial charge is 0.320 e. The Kier molecular flexibility index (Phi) is 16.0. The summed E-state index contributed by atoms with van der Waals surface area (Å²) in [5, 5.41) is 17.5. The van der Waals surface area contributed by atoms with E-state index in [4.69, 9.17) is 40.6 Å². The normalized spacial score (nSPS) is 16.4. The molecule has 2 fully saturated rings. The third-order valence-electron chi connectivity index (χ3n) is 6.25. The molecular weight excluding hydrogens is 532 g/mol. The average Bonchev–Trinajstić information content (AvgIpc) is 3.63. The number of nitrogens with two attached hydrogens (primary N) is 2. The van der Waals surface area contributed by atoms with Crippen molar-refractivity contribution >= 4 is 17.7 Å². The SMILES string of the molecule is C.C.NC(Cc1ccc(C(=O)CC2OCCO2)cc1)C(=O)O.NC(Cc1ccc(CCC2OCCO2)cc1)C(=O)O. The maximum Gasteiger partial charge on any atom is 0.320 e. The van der Waals surface area contributed by atoms with Gasteiger partial charge in [0, 0.05) is 12.0 Å². The predicted octanol–water partition coefficient (Wildman–Crippen LogP) is 2.81. The molecule has 2 aromatic rings. The van der Waals surface area contributed by atoms with Crippen LogP contribution >= 0.6 is 0 Å². The van der Waals surface area contributed by atoms with Gasteiger partial charge >= 0.3 is 11.9 Å². The molecule has 2 aromatic carbocycles. The van der Waals surface area contributed by atoms with Crippen LogP contribution < -0.4 is 11.5 Å². The van der Waals surface area contributed by atoms with Gasteiger partial charge in [-0.2, -0.15) is 0 Å². The number of hydrogen-bond donors (Lipinski definition) is 4. The van der Waals surface area contributed by atoms with Crippen LogP contribution in [0.2, 0.25) is 0 Å². The van der Waals surface area contributed by atoms with E-state index < -0.39 is 30.3 Å². The third-order valence-corrected chi connectivity index (χ3v) is 6.25. The van der Waals surface area contributed by atoms with Crippen LogP contribution in [0, 0.1) is 0 Å². The minimum Gasteiger partial charge on any atom is -0.480 e. The zero-order valence-corrected chi connectivity index (χ0v) is 21.7. The second-order valence-electron chi connectivity index (χ2n) is 9.32. The molecule has 4 rings (SSSR count). The van der Waals surface area contributed by atoms with Crippen LogP contribution in [0.5, 0.6) is 0 Å². The van der Waals surface area contributed by atoms with Gasteiger partial charge in [0.05, 0.1) is 32.8 Å². The number of aryl methyl sites for hydroxylation is 1. The molecule has 0 saturated carbocycles. The molecule has 6 N–H and O–H groups in total. The van der Waals surface area contributed by atoms with E-state index in [0.717, 1.165) is 24.0 Å². The minimum atomic E-state index is -1.04. The van der Waals surface area contributed by atoms with E-state index in [0.29, 0.717) is 38.4 Å². The van der Waals surface area contributed by atoms with Crippen molar-refractivity contribution in [2.75, 3.05) is 26.4 Å². The van der Waals surface area contributed by atoms with E-state index in [1.807, 2.05) is 24.3 Å². The van der Waals surface area contributed by atoms with Crippen molar-refractivity contribution in [1.29, 1.82) is 0 Å². The highest BCUT2D eigenvalue weighted by atomic mass is 16.7. The molecule has 2 atom stereocenters. The van der Waals surface area contributed by atoms with Crippen molar-refractivity contribution < 1.29 is 43.5 Å². The number of ketones is 1. The predicted molar refractivity (Wildman–Crippen MR) is 154 cm³/mol. The number of aliphatic carboxylic acids is 2. The van der Waals surface area contributed by atoms with E-state index >= 15 is 0 Å². The second kappa shape index (κ2) is 18.3. The van der Waals surface area contributed by atoms with E-state index in [9.17, 15) is 14.4 Å².